The van der Waals surface area contributed by atoms with Crippen LogP contribution in [0, 0.1) is 6.92 Å². The largest absolute Gasteiger partial charge is 0.445 e. The number of furan rings is 1. The first-order chi connectivity index (χ1) is 9.71. The maximum absolute atomic E-state index is 11.5. The topological polar surface area (TPSA) is 106 Å². The Labute approximate surface area is 123 Å². The molecule has 0 saturated carbocycles. The summed E-state index contributed by atoms with van der Waals surface area (Å²) in [5.41, 5.74) is 6.20. The van der Waals surface area contributed by atoms with Crippen molar-refractivity contribution in [3.63, 3.8) is 0 Å². The molecule has 0 radical (unpaired) electrons. The van der Waals surface area contributed by atoms with Crippen LogP contribution in [0.4, 0.5) is 5.82 Å². The van der Waals surface area contributed by atoms with Gasteiger partial charge >= 0.3 is 0 Å². The van der Waals surface area contributed by atoms with Gasteiger partial charge in [-0.1, -0.05) is 13.8 Å². The minimum atomic E-state index is -3.42. The fourth-order valence-corrected chi connectivity index (χ4v) is 2.21. The summed E-state index contributed by atoms with van der Waals surface area (Å²) in [7, 11) is -2.02. The first-order valence-electron chi connectivity index (χ1n) is 6.34. The van der Waals surface area contributed by atoms with E-state index in [2.05, 4.69) is 4.98 Å². The molecule has 7 nitrogen and oxygen atoms in total. The molecule has 0 unspecified atom stereocenters. The Balaban J connectivity index is 0.00000106. The van der Waals surface area contributed by atoms with E-state index in [1.165, 1.54) is 13.3 Å². The first-order valence-corrected chi connectivity index (χ1v) is 8.19. The van der Waals surface area contributed by atoms with Crippen LogP contribution >= 0.6 is 0 Å². The maximum Gasteiger partial charge on any atom is 0.252 e. The third kappa shape index (κ3) is 3.33. The van der Waals surface area contributed by atoms with Gasteiger partial charge < -0.3 is 10.2 Å². The van der Waals surface area contributed by atoms with Gasteiger partial charge in [0, 0.05) is 7.05 Å². The number of nitrogens with two attached hydrogens (primary N) is 1. The number of hydrogen-bond donors (Lipinski definition) is 1. The number of rotatable bonds is 3. The Morgan fingerprint density at radius 3 is 2.43 bits per heavy atom. The lowest BCUT2D eigenvalue weighted by atomic mass is 10.1. The zero-order chi connectivity index (χ0) is 16.4. The summed E-state index contributed by atoms with van der Waals surface area (Å²) in [4.78, 5) is 15.3. The molecule has 0 aliphatic heterocycles. The number of primary amides is 1. The molecule has 0 aromatic carbocycles. The van der Waals surface area contributed by atoms with Crippen LogP contribution in [0.1, 0.15) is 29.8 Å². The van der Waals surface area contributed by atoms with Gasteiger partial charge in [-0.15, -0.1) is 0 Å². The molecule has 0 aliphatic carbocycles. The normalized spacial score (nSPS) is 10.9. The van der Waals surface area contributed by atoms with E-state index in [-0.39, 0.29) is 17.1 Å². The van der Waals surface area contributed by atoms with E-state index in [0.717, 1.165) is 10.6 Å². The molecule has 0 aliphatic rings. The van der Waals surface area contributed by atoms with Crippen molar-refractivity contribution in [2.75, 3.05) is 17.6 Å². The Morgan fingerprint density at radius 1 is 1.38 bits per heavy atom. The summed E-state index contributed by atoms with van der Waals surface area (Å²) >= 11 is 0. The summed E-state index contributed by atoms with van der Waals surface area (Å²) in [6, 6.07) is 1.63. The number of sulfonamides is 1. The van der Waals surface area contributed by atoms with Crippen LogP contribution in [-0.2, 0) is 10.0 Å². The smallest absolute Gasteiger partial charge is 0.252 e. The highest BCUT2D eigenvalue weighted by molar-refractivity contribution is 7.92. The molecule has 0 atom stereocenters. The molecule has 8 heteroatoms. The van der Waals surface area contributed by atoms with Crippen LogP contribution in [0.3, 0.4) is 0 Å². The molecule has 116 valence electrons. The quantitative estimate of drug-likeness (QED) is 0.927. The number of carbonyl (C=O) groups excluding carboxylic acids is 1. The van der Waals surface area contributed by atoms with Gasteiger partial charge in [0.2, 0.25) is 15.7 Å². The molecule has 2 aromatic rings. The van der Waals surface area contributed by atoms with Gasteiger partial charge in [0.15, 0.2) is 0 Å². The van der Waals surface area contributed by atoms with E-state index in [4.69, 9.17) is 10.2 Å². The minimum absolute atomic E-state index is 0.171. The molecule has 0 spiro atoms. The van der Waals surface area contributed by atoms with Crippen molar-refractivity contribution < 1.29 is 17.6 Å². The maximum atomic E-state index is 11.5. The van der Waals surface area contributed by atoms with Crippen molar-refractivity contribution >= 4 is 32.8 Å². The highest BCUT2D eigenvalue weighted by Gasteiger charge is 2.19. The predicted octanol–water partition coefficient (Wildman–Crippen LogP) is 1.66. The van der Waals surface area contributed by atoms with E-state index in [0.29, 0.717) is 10.9 Å². The van der Waals surface area contributed by atoms with E-state index in [9.17, 15) is 13.2 Å². The molecule has 0 saturated heterocycles. The van der Waals surface area contributed by atoms with E-state index < -0.39 is 15.9 Å². The van der Waals surface area contributed by atoms with Crippen LogP contribution in [0.5, 0.6) is 0 Å². The van der Waals surface area contributed by atoms with Gasteiger partial charge in [-0.25, -0.2) is 8.42 Å². The van der Waals surface area contributed by atoms with Gasteiger partial charge in [0.1, 0.15) is 12.1 Å². The lowest BCUT2D eigenvalue weighted by Gasteiger charge is -2.17. The van der Waals surface area contributed by atoms with Crippen LogP contribution in [0.25, 0.3) is 11.1 Å². The Bertz CT molecular complexity index is 765. The Kier molecular flexibility index (Phi) is 4.95. The van der Waals surface area contributed by atoms with E-state index >= 15 is 0 Å². The zero-order valence-electron chi connectivity index (χ0n) is 12.7. The fraction of sp³-hybridized carbons (Fsp3) is 0.385. The van der Waals surface area contributed by atoms with Gasteiger partial charge in [0.05, 0.1) is 17.2 Å². The lowest BCUT2D eigenvalue weighted by molar-refractivity contribution is 0.100. The third-order valence-corrected chi connectivity index (χ3v) is 3.96. The van der Waals surface area contributed by atoms with Crippen molar-refractivity contribution in [1.29, 1.82) is 0 Å². The average molecular weight is 313 g/mol. The Morgan fingerprint density at radius 2 is 1.95 bits per heavy atom. The van der Waals surface area contributed by atoms with Crippen molar-refractivity contribution in [3.8, 4) is 0 Å². The lowest BCUT2D eigenvalue weighted by Crippen LogP contribution is -2.26. The number of fused-ring (bicyclic) bond motifs is 1. The second-order valence-corrected chi connectivity index (χ2v) is 6.24. The average Bonchev–Trinajstić information content (AvgIpc) is 2.81. The molecule has 2 aromatic heterocycles. The predicted molar refractivity (Wildman–Crippen MR) is 81.9 cm³/mol. The number of aryl methyl sites for hydroxylation is 1. The van der Waals surface area contributed by atoms with E-state index in [1.54, 1.807) is 13.0 Å². The number of nitrogens with zero attached hydrogens (tertiary/aromatic N) is 2. The molecular formula is C13H19N3O4S. The number of pyridine rings is 1. The SMILES string of the molecule is CC.Cc1cc2c(C(N)=O)coc2nc1N(C)S(C)(=O)=O. The molecule has 0 fully saturated rings. The van der Waals surface area contributed by atoms with E-state index in [1.807, 2.05) is 13.8 Å². The monoisotopic (exact) mass is 313 g/mol. The van der Waals surface area contributed by atoms with Crippen LogP contribution in [0.15, 0.2) is 16.7 Å². The molecular weight excluding hydrogens is 294 g/mol. The van der Waals surface area contributed by atoms with Gasteiger partial charge in [-0.3, -0.25) is 9.10 Å². The summed E-state index contributed by atoms with van der Waals surface area (Å²) in [5.74, 6) is -0.371. The fourth-order valence-electron chi connectivity index (χ4n) is 1.72. The van der Waals surface area contributed by atoms with Crippen LogP contribution in [-0.4, -0.2) is 32.6 Å². The van der Waals surface area contributed by atoms with Gasteiger partial charge in [0.25, 0.3) is 5.91 Å². The van der Waals surface area contributed by atoms with Crippen molar-refractivity contribution in [2.24, 2.45) is 5.73 Å². The molecule has 2 heterocycles. The summed E-state index contributed by atoms with van der Waals surface area (Å²) in [6.07, 6.45) is 2.29. The first kappa shape index (κ1) is 17.0. The molecule has 0 bridgehead atoms. The van der Waals surface area contributed by atoms with Crippen molar-refractivity contribution in [3.05, 3.63) is 23.5 Å². The van der Waals surface area contributed by atoms with Gasteiger partial charge in [-0.05, 0) is 18.6 Å². The second kappa shape index (κ2) is 6.13. The summed E-state index contributed by atoms with van der Waals surface area (Å²) < 4.78 is 29.2. The number of aromatic nitrogens is 1. The van der Waals surface area contributed by atoms with Crippen LogP contribution < -0.4 is 10.0 Å². The minimum Gasteiger partial charge on any atom is -0.445 e. The second-order valence-electron chi connectivity index (χ2n) is 4.23. The van der Waals surface area contributed by atoms with Crippen LogP contribution in [0.2, 0.25) is 0 Å². The third-order valence-electron chi connectivity index (χ3n) is 2.79. The summed E-state index contributed by atoms with van der Waals surface area (Å²) in [5, 5.41) is 0.468. The molecule has 2 rings (SSSR count). The standard InChI is InChI=1S/C11H13N3O4S.C2H6/c1-6-4-7-8(9(12)15)5-18-11(7)13-10(6)14(2)19(3,16)17;1-2/h4-5H,1-3H3,(H2,12,15);1-2H3. The molecule has 1 amide bonds. The highest BCUT2D eigenvalue weighted by atomic mass is 32.2. The Hall–Kier alpha value is -2.09. The number of hydrogen-bond acceptors (Lipinski definition) is 5. The van der Waals surface area contributed by atoms with Crippen molar-refractivity contribution in [2.45, 2.75) is 20.8 Å². The van der Waals surface area contributed by atoms with Crippen molar-refractivity contribution in [1.82, 2.24) is 4.98 Å². The zero-order valence-corrected chi connectivity index (χ0v) is 13.5. The molecule has 2 N–H and O–H groups in total. The summed E-state index contributed by atoms with van der Waals surface area (Å²) in [6.45, 7) is 5.70. The number of amides is 1. The van der Waals surface area contributed by atoms with Gasteiger partial charge in [-0.2, -0.15) is 4.98 Å². The highest BCUT2D eigenvalue weighted by Crippen LogP contribution is 2.26. The number of carbonyl (C=O) groups is 1. The molecule has 21 heavy (non-hydrogen) atoms. The number of anilines is 1.